The van der Waals surface area contributed by atoms with Crippen molar-refractivity contribution in [2.75, 3.05) is 40.3 Å². The zero-order valence-corrected chi connectivity index (χ0v) is 16.8. The predicted molar refractivity (Wildman–Crippen MR) is 106 cm³/mol. The van der Waals surface area contributed by atoms with Gasteiger partial charge in [0.15, 0.2) is 0 Å². The monoisotopic (exact) mass is 374 g/mol. The maximum Gasteiger partial charge on any atom is 0.317 e. The van der Waals surface area contributed by atoms with E-state index in [1.165, 1.54) is 43.6 Å². The largest absolute Gasteiger partial charge is 0.335 e. The highest BCUT2D eigenvalue weighted by atomic mass is 16.2. The number of hydrogen-bond donors (Lipinski definition) is 2. The van der Waals surface area contributed by atoms with E-state index in [9.17, 15) is 4.79 Å². The molecule has 0 radical (unpaired) electrons. The molecule has 4 rings (SSSR count). The van der Waals surface area contributed by atoms with E-state index in [2.05, 4.69) is 32.4 Å². The molecular formula is C20H34N6O. The summed E-state index contributed by atoms with van der Waals surface area (Å²) in [5.41, 5.74) is 3.64. The maximum atomic E-state index is 12.6. The number of carbonyl (C=O) groups is 1. The first-order valence-electron chi connectivity index (χ1n) is 10.6. The lowest BCUT2D eigenvalue weighted by atomic mass is 9.98. The average molecular weight is 375 g/mol. The van der Waals surface area contributed by atoms with Gasteiger partial charge in [0.2, 0.25) is 0 Å². The Labute approximate surface area is 162 Å². The van der Waals surface area contributed by atoms with Crippen LogP contribution in [0.3, 0.4) is 0 Å². The van der Waals surface area contributed by atoms with E-state index in [0.29, 0.717) is 12.6 Å². The highest BCUT2D eigenvalue weighted by Gasteiger charge is 2.28. The van der Waals surface area contributed by atoms with Gasteiger partial charge in [-0.15, -0.1) is 0 Å². The van der Waals surface area contributed by atoms with Crippen molar-refractivity contribution >= 4 is 6.03 Å². The molecule has 0 unspecified atom stereocenters. The zero-order valence-electron chi connectivity index (χ0n) is 16.8. The Hall–Kier alpha value is -1.60. The molecule has 2 aliphatic heterocycles. The number of likely N-dealkylation sites (tertiary alicyclic amines) is 2. The molecule has 2 fully saturated rings. The van der Waals surface area contributed by atoms with Crippen molar-refractivity contribution in [2.45, 2.75) is 63.6 Å². The van der Waals surface area contributed by atoms with Crippen molar-refractivity contribution in [3.63, 3.8) is 0 Å². The third kappa shape index (κ3) is 4.29. The number of aryl methyl sites for hydroxylation is 1. The number of piperidine rings is 2. The van der Waals surface area contributed by atoms with E-state index in [-0.39, 0.29) is 6.03 Å². The first kappa shape index (κ1) is 18.7. The summed E-state index contributed by atoms with van der Waals surface area (Å²) >= 11 is 0. The molecule has 0 saturated carbocycles. The van der Waals surface area contributed by atoms with Crippen LogP contribution in [0.15, 0.2) is 0 Å². The molecule has 0 atom stereocenters. The van der Waals surface area contributed by atoms with E-state index in [0.717, 1.165) is 50.5 Å². The van der Waals surface area contributed by atoms with Crippen molar-refractivity contribution in [3.8, 4) is 0 Å². The molecule has 2 saturated heterocycles. The van der Waals surface area contributed by atoms with Gasteiger partial charge in [-0.25, -0.2) is 4.79 Å². The molecule has 2 N–H and O–H groups in total. The van der Waals surface area contributed by atoms with Crippen LogP contribution in [0.1, 0.15) is 49.1 Å². The standard InChI is InChI=1S/C20H34N6O/c1-24-10-8-16(9-11-24)26-12-6-15(7-13-26)21-20(27)25(2)14-19-17-4-3-5-18(17)22-23-19/h15-16H,3-14H2,1-2H3,(H,21,27)(H,22,23). The van der Waals surface area contributed by atoms with Crippen LogP contribution in [0.25, 0.3) is 0 Å². The molecule has 0 aromatic carbocycles. The molecule has 2 amide bonds. The SMILES string of the molecule is CN1CCC(N2CCC(NC(=O)N(C)Cc3n[nH]c4c3CCC4)CC2)CC1. The first-order valence-corrected chi connectivity index (χ1v) is 10.6. The first-order chi connectivity index (χ1) is 13.1. The van der Waals surface area contributed by atoms with E-state index in [4.69, 9.17) is 0 Å². The number of aromatic nitrogens is 2. The summed E-state index contributed by atoms with van der Waals surface area (Å²) in [5, 5.41) is 10.8. The van der Waals surface area contributed by atoms with Crippen molar-refractivity contribution in [3.05, 3.63) is 17.0 Å². The molecule has 150 valence electrons. The molecule has 3 heterocycles. The Morgan fingerprint density at radius 3 is 2.67 bits per heavy atom. The summed E-state index contributed by atoms with van der Waals surface area (Å²) < 4.78 is 0. The number of fused-ring (bicyclic) bond motifs is 1. The second-order valence-electron chi connectivity index (χ2n) is 8.63. The van der Waals surface area contributed by atoms with Crippen LogP contribution >= 0.6 is 0 Å². The van der Waals surface area contributed by atoms with Crippen LogP contribution in [-0.4, -0.2) is 83.3 Å². The predicted octanol–water partition coefficient (Wildman–Crippen LogP) is 1.60. The summed E-state index contributed by atoms with van der Waals surface area (Å²) in [6, 6.07) is 1.07. The van der Waals surface area contributed by atoms with E-state index in [1.54, 1.807) is 4.90 Å². The average Bonchev–Trinajstić information content (AvgIpc) is 3.28. The molecule has 1 aliphatic carbocycles. The van der Waals surface area contributed by atoms with Gasteiger partial charge >= 0.3 is 6.03 Å². The summed E-state index contributed by atoms with van der Waals surface area (Å²) in [6.07, 6.45) is 8.06. The molecule has 7 heteroatoms. The number of carbonyl (C=O) groups excluding carboxylic acids is 1. The number of urea groups is 1. The van der Waals surface area contributed by atoms with Crippen LogP contribution < -0.4 is 5.32 Å². The van der Waals surface area contributed by atoms with Gasteiger partial charge in [-0.2, -0.15) is 5.10 Å². The fourth-order valence-corrected chi connectivity index (χ4v) is 4.87. The minimum atomic E-state index is 0.0301. The molecule has 27 heavy (non-hydrogen) atoms. The van der Waals surface area contributed by atoms with Gasteiger partial charge in [-0.3, -0.25) is 5.10 Å². The number of aromatic amines is 1. The Morgan fingerprint density at radius 2 is 1.93 bits per heavy atom. The Bertz CT molecular complexity index is 643. The van der Waals surface area contributed by atoms with Crippen molar-refractivity contribution in [1.29, 1.82) is 0 Å². The summed E-state index contributed by atoms with van der Waals surface area (Å²) in [6.45, 7) is 5.23. The van der Waals surface area contributed by atoms with Crippen LogP contribution in [0.5, 0.6) is 0 Å². The lowest BCUT2D eigenvalue weighted by Gasteiger charge is -2.41. The van der Waals surface area contributed by atoms with E-state index in [1.807, 2.05) is 7.05 Å². The lowest BCUT2D eigenvalue weighted by molar-refractivity contribution is 0.0922. The Morgan fingerprint density at radius 1 is 1.19 bits per heavy atom. The fraction of sp³-hybridized carbons (Fsp3) is 0.800. The summed E-state index contributed by atoms with van der Waals surface area (Å²) in [7, 11) is 4.09. The minimum absolute atomic E-state index is 0.0301. The third-order valence-electron chi connectivity index (χ3n) is 6.69. The van der Waals surface area contributed by atoms with E-state index < -0.39 is 0 Å². The topological polar surface area (TPSA) is 67.5 Å². The van der Waals surface area contributed by atoms with Gasteiger partial charge < -0.3 is 20.0 Å². The number of rotatable bonds is 4. The zero-order chi connectivity index (χ0) is 18.8. The maximum absolute atomic E-state index is 12.6. The van der Waals surface area contributed by atoms with Crippen LogP contribution in [0.4, 0.5) is 4.79 Å². The van der Waals surface area contributed by atoms with E-state index >= 15 is 0 Å². The molecular weight excluding hydrogens is 340 g/mol. The van der Waals surface area contributed by atoms with Gasteiger partial charge in [0, 0.05) is 37.9 Å². The smallest absolute Gasteiger partial charge is 0.317 e. The minimum Gasteiger partial charge on any atom is -0.335 e. The molecule has 7 nitrogen and oxygen atoms in total. The van der Waals surface area contributed by atoms with Gasteiger partial charge in [-0.05, 0) is 70.6 Å². The van der Waals surface area contributed by atoms with Crippen molar-refractivity contribution in [2.24, 2.45) is 0 Å². The highest BCUT2D eigenvalue weighted by Crippen LogP contribution is 2.24. The summed E-state index contributed by atoms with van der Waals surface area (Å²) in [4.78, 5) is 19.5. The third-order valence-corrected chi connectivity index (χ3v) is 6.69. The van der Waals surface area contributed by atoms with Gasteiger partial charge in [0.25, 0.3) is 0 Å². The molecule has 0 bridgehead atoms. The number of nitrogens with one attached hydrogen (secondary N) is 2. The van der Waals surface area contributed by atoms with Crippen molar-refractivity contribution in [1.82, 2.24) is 30.2 Å². The molecule has 1 aromatic heterocycles. The number of amides is 2. The van der Waals surface area contributed by atoms with Gasteiger partial charge in [0.05, 0.1) is 12.2 Å². The number of nitrogens with zero attached hydrogens (tertiary/aromatic N) is 4. The Balaban J connectivity index is 1.22. The summed E-state index contributed by atoms with van der Waals surface area (Å²) in [5.74, 6) is 0. The van der Waals surface area contributed by atoms with Crippen molar-refractivity contribution < 1.29 is 4.79 Å². The molecule has 0 spiro atoms. The Kier molecular flexibility index (Phi) is 5.68. The number of H-pyrrole nitrogens is 1. The molecule has 3 aliphatic rings. The number of hydrogen-bond acceptors (Lipinski definition) is 4. The highest BCUT2D eigenvalue weighted by molar-refractivity contribution is 5.74. The van der Waals surface area contributed by atoms with Crippen LogP contribution in [0, 0.1) is 0 Å². The second kappa shape index (κ2) is 8.19. The van der Waals surface area contributed by atoms with Gasteiger partial charge in [-0.1, -0.05) is 0 Å². The normalized spacial score (nSPS) is 22.7. The van der Waals surface area contributed by atoms with Gasteiger partial charge in [0.1, 0.15) is 0 Å². The van der Waals surface area contributed by atoms with Crippen LogP contribution in [0.2, 0.25) is 0 Å². The fourth-order valence-electron chi connectivity index (χ4n) is 4.87. The lowest BCUT2D eigenvalue weighted by Crippen LogP contribution is -2.52. The van der Waals surface area contributed by atoms with Crippen LogP contribution in [-0.2, 0) is 19.4 Å². The quantitative estimate of drug-likeness (QED) is 0.840. The molecule has 1 aromatic rings. The second-order valence-corrected chi connectivity index (χ2v) is 8.63.